The number of hydrogen-bond donors (Lipinski definition) is 1. The first kappa shape index (κ1) is 11.4. The van der Waals surface area contributed by atoms with E-state index in [1.165, 1.54) is 12.8 Å². The highest BCUT2D eigenvalue weighted by Crippen LogP contribution is 2.32. The van der Waals surface area contributed by atoms with Crippen molar-refractivity contribution in [1.82, 2.24) is 9.62 Å². The highest BCUT2D eigenvalue weighted by atomic mass is 32.2. The summed E-state index contributed by atoms with van der Waals surface area (Å²) in [7, 11) is -2.90. The predicted molar refractivity (Wildman–Crippen MR) is 60.2 cm³/mol. The summed E-state index contributed by atoms with van der Waals surface area (Å²) in [4.78, 5) is 0. The van der Waals surface area contributed by atoms with Crippen molar-refractivity contribution in [2.24, 2.45) is 5.92 Å². The van der Waals surface area contributed by atoms with Gasteiger partial charge >= 0.3 is 0 Å². The molecule has 2 fully saturated rings. The molecule has 0 aromatic carbocycles. The zero-order valence-corrected chi connectivity index (χ0v) is 10.1. The van der Waals surface area contributed by atoms with E-state index in [2.05, 4.69) is 12.2 Å². The van der Waals surface area contributed by atoms with Crippen LogP contribution in [0.15, 0.2) is 0 Å². The van der Waals surface area contributed by atoms with E-state index in [1.54, 1.807) is 4.31 Å². The fraction of sp³-hybridized carbons (Fsp3) is 1.00. The fourth-order valence-corrected chi connectivity index (χ4v) is 3.65. The van der Waals surface area contributed by atoms with Gasteiger partial charge in [-0.2, -0.15) is 0 Å². The van der Waals surface area contributed by atoms with E-state index in [0.29, 0.717) is 24.9 Å². The van der Waals surface area contributed by atoms with Crippen LogP contribution in [0.1, 0.15) is 26.2 Å². The standard InChI is InChI=1S/C10H20N2O2S/c1-9(10-3-4-10)11-5-7-12-6-2-8-15(12,13)14/h9-11H,2-8H2,1H3. The summed E-state index contributed by atoms with van der Waals surface area (Å²) in [5.41, 5.74) is 0. The second-order valence-electron chi connectivity index (χ2n) is 4.65. The predicted octanol–water partition coefficient (Wildman–Crippen LogP) is 0.410. The molecule has 0 aromatic rings. The van der Waals surface area contributed by atoms with Crippen LogP contribution in [0.2, 0.25) is 0 Å². The molecular weight excluding hydrogens is 212 g/mol. The lowest BCUT2D eigenvalue weighted by atomic mass is 10.2. The van der Waals surface area contributed by atoms with Gasteiger partial charge in [0.15, 0.2) is 0 Å². The Hall–Kier alpha value is -0.130. The van der Waals surface area contributed by atoms with Gasteiger partial charge in [-0.15, -0.1) is 0 Å². The summed E-state index contributed by atoms with van der Waals surface area (Å²) < 4.78 is 24.6. The first-order valence-electron chi connectivity index (χ1n) is 5.81. The van der Waals surface area contributed by atoms with Crippen LogP contribution in [-0.2, 0) is 10.0 Å². The van der Waals surface area contributed by atoms with Crippen molar-refractivity contribution in [3.63, 3.8) is 0 Å². The lowest BCUT2D eigenvalue weighted by Crippen LogP contribution is -2.37. The van der Waals surface area contributed by atoms with E-state index < -0.39 is 10.0 Å². The molecule has 1 N–H and O–H groups in total. The third-order valence-electron chi connectivity index (χ3n) is 3.36. The van der Waals surface area contributed by atoms with Gasteiger partial charge in [0.05, 0.1) is 5.75 Å². The van der Waals surface area contributed by atoms with Gasteiger partial charge < -0.3 is 5.32 Å². The van der Waals surface area contributed by atoms with Gasteiger partial charge in [0.2, 0.25) is 10.0 Å². The van der Waals surface area contributed by atoms with Crippen LogP contribution in [0.5, 0.6) is 0 Å². The zero-order valence-electron chi connectivity index (χ0n) is 9.28. The minimum absolute atomic E-state index is 0.338. The molecule has 1 aliphatic heterocycles. The zero-order chi connectivity index (χ0) is 10.9. The van der Waals surface area contributed by atoms with Crippen molar-refractivity contribution >= 4 is 10.0 Å². The number of sulfonamides is 1. The molecule has 1 aliphatic carbocycles. The third kappa shape index (κ3) is 2.92. The Balaban J connectivity index is 1.69. The summed E-state index contributed by atoms with van der Waals surface area (Å²) in [6.07, 6.45) is 3.45. The van der Waals surface area contributed by atoms with Crippen LogP contribution in [0.3, 0.4) is 0 Å². The summed E-state index contributed by atoms with van der Waals surface area (Å²) >= 11 is 0. The first-order valence-corrected chi connectivity index (χ1v) is 7.42. The Kier molecular flexibility index (Phi) is 3.33. The second kappa shape index (κ2) is 4.39. The van der Waals surface area contributed by atoms with Crippen molar-refractivity contribution in [1.29, 1.82) is 0 Å². The van der Waals surface area contributed by atoms with Crippen LogP contribution in [0.25, 0.3) is 0 Å². The van der Waals surface area contributed by atoms with Crippen molar-refractivity contribution in [3.05, 3.63) is 0 Å². The van der Waals surface area contributed by atoms with Crippen molar-refractivity contribution < 1.29 is 8.42 Å². The monoisotopic (exact) mass is 232 g/mol. The maximum Gasteiger partial charge on any atom is 0.214 e. The largest absolute Gasteiger partial charge is 0.313 e. The summed E-state index contributed by atoms with van der Waals surface area (Å²) in [5, 5.41) is 3.40. The molecule has 1 unspecified atom stereocenters. The minimum atomic E-state index is -2.90. The smallest absolute Gasteiger partial charge is 0.214 e. The number of nitrogens with one attached hydrogen (secondary N) is 1. The molecule has 1 atom stereocenters. The molecule has 2 aliphatic rings. The summed E-state index contributed by atoms with van der Waals surface area (Å²) in [5.74, 6) is 1.17. The summed E-state index contributed by atoms with van der Waals surface area (Å²) in [6.45, 7) is 4.33. The molecule has 1 saturated carbocycles. The maximum absolute atomic E-state index is 11.5. The molecule has 5 heteroatoms. The van der Waals surface area contributed by atoms with Crippen LogP contribution in [0.4, 0.5) is 0 Å². The van der Waals surface area contributed by atoms with E-state index in [9.17, 15) is 8.42 Å². The van der Waals surface area contributed by atoms with Gasteiger partial charge in [-0.05, 0) is 32.1 Å². The van der Waals surface area contributed by atoms with Crippen molar-refractivity contribution in [3.8, 4) is 0 Å². The molecule has 0 radical (unpaired) electrons. The number of rotatable bonds is 5. The van der Waals surface area contributed by atoms with Gasteiger partial charge in [-0.25, -0.2) is 12.7 Å². The van der Waals surface area contributed by atoms with Crippen molar-refractivity contribution in [2.45, 2.75) is 32.2 Å². The van der Waals surface area contributed by atoms with Crippen LogP contribution >= 0.6 is 0 Å². The van der Waals surface area contributed by atoms with Gasteiger partial charge in [0, 0.05) is 25.7 Å². The lowest BCUT2D eigenvalue weighted by molar-refractivity contribution is 0.409. The SMILES string of the molecule is CC(NCCN1CCCS1(=O)=O)C1CC1. The Morgan fingerprint density at radius 3 is 2.73 bits per heavy atom. The van der Waals surface area contributed by atoms with Crippen LogP contribution in [0, 0.1) is 5.92 Å². The van der Waals surface area contributed by atoms with Crippen molar-refractivity contribution in [2.75, 3.05) is 25.4 Å². The average Bonchev–Trinajstić information content (AvgIpc) is 2.94. The molecule has 0 bridgehead atoms. The minimum Gasteiger partial charge on any atom is -0.313 e. The summed E-state index contributed by atoms with van der Waals surface area (Å²) in [6, 6.07) is 0.551. The lowest BCUT2D eigenvalue weighted by Gasteiger charge is -2.17. The number of nitrogens with zero attached hydrogens (tertiary/aromatic N) is 1. The molecule has 15 heavy (non-hydrogen) atoms. The molecule has 0 amide bonds. The number of hydrogen-bond acceptors (Lipinski definition) is 3. The van der Waals surface area contributed by atoms with E-state index in [1.807, 2.05) is 0 Å². The Morgan fingerprint density at radius 2 is 2.20 bits per heavy atom. The van der Waals surface area contributed by atoms with Crippen LogP contribution in [-0.4, -0.2) is 44.2 Å². The highest BCUT2D eigenvalue weighted by molar-refractivity contribution is 7.89. The molecular formula is C10H20N2O2S. The molecule has 4 nitrogen and oxygen atoms in total. The molecule has 2 rings (SSSR count). The van der Waals surface area contributed by atoms with Gasteiger partial charge in [0.25, 0.3) is 0 Å². The van der Waals surface area contributed by atoms with E-state index in [-0.39, 0.29) is 0 Å². The maximum atomic E-state index is 11.5. The first-order chi connectivity index (χ1) is 7.09. The second-order valence-corrected chi connectivity index (χ2v) is 6.74. The highest BCUT2D eigenvalue weighted by Gasteiger charge is 2.29. The van der Waals surface area contributed by atoms with Gasteiger partial charge in [-0.1, -0.05) is 0 Å². The molecule has 0 spiro atoms. The Bertz CT molecular complexity index is 311. The quantitative estimate of drug-likeness (QED) is 0.747. The Labute approximate surface area is 92.1 Å². The van der Waals surface area contributed by atoms with E-state index in [4.69, 9.17) is 0 Å². The fourth-order valence-electron chi connectivity index (χ4n) is 2.12. The van der Waals surface area contributed by atoms with Gasteiger partial charge in [0.1, 0.15) is 0 Å². The average molecular weight is 232 g/mol. The normalized spacial score (nSPS) is 28.1. The molecule has 1 saturated heterocycles. The van der Waals surface area contributed by atoms with Gasteiger partial charge in [-0.3, -0.25) is 0 Å². The molecule has 1 heterocycles. The third-order valence-corrected chi connectivity index (χ3v) is 5.32. The van der Waals surface area contributed by atoms with Crippen LogP contribution < -0.4 is 5.32 Å². The molecule has 88 valence electrons. The van der Waals surface area contributed by atoms with E-state index in [0.717, 1.165) is 18.9 Å². The molecule has 0 aromatic heterocycles. The Morgan fingerprint density at radius 1 is 1.47 bits per heavy atom. The van der Waals surface area contributed by atoms with E-state index >= 15 is 0 Å². The topological polar surface area (TPSA) is 49.4 Å².